The van der Waals surface area contributed by atoms with Crippen molar-refractivity contribution in [3.63, 3.8) is 0 Å². The number of aromatic nitrogens is 2. The maximum absolute atomic E-state index is 4.57. The first kappa shape index (κ1) is 16.4. The molecule has 0 spiro atoms. The van der Waals surface area contributed by atoms with Crippen molar-refractivity contribution >= 4 is 33.1 Å². The quantitative estimate of drug-likeness (QED) is 0.808. The second-order valence-electron chi connectivity index (χ2n) is 5.50. The molecular formula is C15H21BrN4S. The smallest absolute Gasteiger partial charge is 0.133 e. The average molecular weight is 369 g/mol. The molecular weight excluding hydrogens is 348 g/mol. The van der Waals surface area contributed by atoms with E-state index in [4.69, 9.17) is 0 Å². The van der Waals surface area contributed by atoms with Crippen LogP contribution in [0.25, 0.3) is 0 Å². The maximum Gasteiger partial charge on any atom is 0.133 e. The Morgan fingerprint density at radius 2 is 2.19 bits per heavy atom. The lowest BCUT2D eigenvalue weighted by Gasteiger charge is -2.21. The Labute approximate surface area is 138 Å². The molecule has 0 radical (unpaired) electrons. The molecule has 0 aromatic carbocycles. The third-order valence-electron chi connectivity index (χ3n) is 3.02. The minimum atomic E-state index is 0.640. The summed E-state index contributed by atoms with van der Waals surface area (Å²) in [5, 5.41) is 5.56. The van der Waals surface area contributed by atoms with Crippen molar-refractivity contribution in [2.75, 3.05) is 18.5 Å². The normalized spacial score (nSPS) is 11.1. The molecule has 6 heteroatoms. The van der Waals surface area contributed by atoms with Crippen LogP contribution in [0.3, 0.4) is 0 Å². The summed E-state index contributed by atoms with van der Waals surface area (Å²) in [4.78, 5) is 11.1. The molecule has 0 bridgehead atoms. The van der Waals surface area contributed by atoms with E-state index >= 15 is 0 Å². The molecule has 1 N–H and O–H groups in total. The van der Waals surface area contributed by atoms with E-state index in [0.717, 1.165) is 35.6 Å². The van der Waals surface area contributed by atoms with Gasteiger partial charge in [-0.1, -0.05) is 13.8 Å². The predicted octanol–water partition coefficient (Wildman–Crippen LogP) is 3.68. The van der Waals surface area contributed by atoms with Crippen molar-refractivity contribution in [2.24, 2.45) is 5.92 Å². The van der Waals surface area contributed by atoms with Gasteiger partial charge < -0.3 is 10.2 Å². The van der Waals surface area contributed by atoms with E-state index in [0.29, 0.717) is 5.92 Å². The molecule has 0 aliphatic carbocycles. The van der Waals surface area contributed by atoms with Crippen LogP contribution in [0.1, 0.15) is 25.1 Å². The zero-order valence-electron chi connectivity index (χ0n) is 12.6. The molecule has 0 unspecified atom stereocenters. The maximum atomic E-state index is 4.57. The second kappa shape index (κ2) is 7.87. The lowest BCUT2D eigenvalue weighted by Crippen LogP contribution is -2.24. The van der Waals surface area contributed by atoms with Gasteiger partial charge in [-0.15, -0.1) is 11.3 Å². The molecule has 0 aliphatic heterocycles. The van der Waals surface area contributed by atoms with Gasteiger partial charge in [0.05, 0.1) is 17.7 Å². The predicted molar refractivity (Wildman–Crippen MR) is 92.7 cm³/mol. The number of rotatable bonds is 7. The Balaban J connectivity index is 2.09. The highest BCUT2D eigenvalue weighted by Crippen LogP contribution is 2.22. The van der Waals surface area contributed by atoms with E-state index in [9.17, 15) is 0 Å². The van der Waals surface area contributed by atoms with Crippen LogP contribution in [-0.2, 0) is 13.1 Å². The molecule has 0 amide bonds. The molecule has 2 aromatic heterocycles. The van der Waals surface area contributed by atoms with Gasteiger partial charge in [0, 0.05) is 35.2 Å². The standard InChI is InChI=1S/C15H21BrN4S/c1-11(2)5-17-6-12-4-13(16)7-18-15(12)20(3)8-14-9-21-10-19-14/h4,7,9-11,17H,5-6,8H2,1-3H3. The minimum Gasteiger partial charge on any atom is -0.353 e. The van der Waals surface area contributed by atoms with E-state index in [1.165, 1.54) is 5.56 Å². The first-order valence-corrected chi connectivity index (χ1v) is 8.73. The van der Waals surface area contributed by atoms with Crippen LogP contribution in [0, 0.1) is 5.92 Å². The summed E-state index contributed by atoms with van der Waals surface area (Å²) in [6.07, 6.45) is 1.85. The van der Waals surface area contributed by atoms with E-state index in [1.54, 1.807) is 11.3 Å². The summed E-state index contributed by atoms with van der Waals surface area (Å²) in [5.41, 5.74) is 4.14. The van der Waals surface area contributed by atoms with Crippen LogP contribution in [0.2, 0.25) is 0 Å². The third kappa shape index (κ3) is 5.05. The fourth-order valence-electron chi connectivity index (χ4n) is 2.08. The van der Waals surface area contributed by atoms with Crippen LogP contribution in [0.4, 0.5) is 5.82 Å². The fourth-order valence-corrected chi connectivity index (χ4v) is 3.01. The van der Waals surface area contributed by atoms with Crippen LogP contribution in [-0.4, -0.2) is 23.6 Å². The Morgan fingerprint density at radius 1 is 1.38 bits per heavy atom. The first-order valence-electron chi connectivity index (χ1n) is 6.99. The lowest BCUT2D eigenvalue weighted by molar-refractivity contribution is 0.551. The number of hydrogen-bond donors (Lipinski definition) is 1. The van der Waals surface area contributed by atoms with Crippen LogP contribution in [0.5, 0.6) is 0 Å². The van der Waals surface area contributed by atoms with Gasteiger partial charge in [0.2, 0.25) is 0 Å². The van der Waals surface area contributed by atoms with Crippen LogP contribution in [0.15, 0.2) is 27.6 Å². The zero-order chi connectivity index (χ0) is 15.2. The van der Waals surface area contributed by atoms with Gasteiger partial charge in [-0.25, -0.2) is 9.97 Å². The Morgan fingerprint density at radius 3 is 2.86 bits per heavy atom. The highest BCUT2D eigenvalue weighted by Gasteiger charge is 2.11. The van der Waals surface area contributed by atoms with E-state index in [1.807, 2.05) is 11.7 Å². The molecule has 0 atom stereocenters. The van der Waals surface area contributed by atoms with Gasteiger partial charge in [-0.05, 0) is 34.5 Å². The number of pyridine rings is 1. The van der Waals surface area contributed by atoms with Gasteiger partial charge in [-0.2, -0.15) is 0 Å². The number of anilines is 1. The topological polar surface area (TPSA) is 41.1 Å². The minimum absolute atomic E-state index is 0.640. The molecule has 4 nitrogen and oxygen atoms in total. The molecule has 2 rings (SSSR count). The average Bonchev–Trinajstić information content (AvgIpc) is 2.91. The molecule has 0 saturated heterocycles. The van der Waals surface area contributed by atoms with Crippen LogP contribution >= 0.6 is 27.3 Å². The van der Waals surface area contributed by atoms with Crippen molar-refractivity contribution in [1.82, 2.24) is 15.3 Å². The molecule has 21 heavy (non-hydrogen) atoms. The van der Waals surface area contributed by atoms with Gasteiger partial charge in [-0.3, -0.25) is 0 Å². The first-order chi connectivity index (χ1) is 10.1. The fraction of sp³-hybridized carbons (Fsp3) is 0.467. The Kier molecular flexibility index (Phi) is 6.14. The van der Waals surface area contributed by atoms with Crippen molar-refractivity contribution in [3.05, 3.63) is 38.9 Å². The van der Waals surface area contributed by atoms with Crippen molar-refractivity contribution in [3.8, 4) is 0 Å². The number of nitrogens with one attached hydrogen (secondary N) is 1. The van der Waals surface area contributed by atoms with E-state index in [-0.39, 0.29) is 0 Å². The van der Waals surface area contributed by atoms with Gasteiger partial charge >= 0.3 is 0 Å². The summed E-state index contributed by atoms with van der Waals surface area (Å²) < 4.78 is 1.01. The summed E-state index contributed by atoms with van der Waals surface area (Å²) in [5.74, 6) is 1.64. The van der Waals surface area contributed by atoms with Crippen molar-refractivity contribution < 1.29 is 0 Å². The monoisotopic (exact) mass is 368 g/mol. The summed E-state index contributed by atoms with van der Waals surface area (Å²) in [6.45, 7) is 7.02. The van der Waals surface area contributed by atoms with Crippen LogP contribution < -0.4 is 10.2 Å². The second-order valence-corrected chi connectivity index (χ2v) is 7.13. The number of nitrogens with zero attached hydrogens (tertiary/aromatic N) is 3. The van der Waals surface area contributed by atoms with E-state index < -0.39 is 0 Å². The SMILES string of the molecule is CC(C)CNCc1cc(Br)cnc1N(C)Cc1cscn1. The number of thiazole rings is 1. The van der Waals surface area contributed by atoms with Gasteiger partial charge in [0.25, 0.3) is 0 Å². The Hall–Kier alpha value is -0.980. The molecule has 114 valence electrons. The largest absolute Gasteiger partial charge is 0.353 e. The number of halogens is 1. The highest BCUT2D eigenvalue weighted by atomic mass is 79.9. The molecule has 0 saturated carbocycles. The summed E-state index contributed by atoms with van der Waals surface area (Å²) in [7, 11) is 2.06. The Bertz CT molecular complexity index is 557. The lowest BCUT2D eigenvalue weighted by atomic mass is 10.2. The highest BCUT2D eigenvalue weighted by molar-refractivity contribution is 9.10. The molecule has 0 aliphatic rings. The van der Waals surface area contributed by atoms with E-state index in [2.05, 4.69) is 68.5 Å². The summed E-state index contributed by atoms with van der Waals surface area (Å²) in [6, 6.07) is 2.13. The van der Waals surface area contributed by atoms with Gasteiger partial charge in [0.1, 0.15) is 5.82 Å². The van der Waals surface area contributed by atoms with Gasteiger partial charge in [0.15, 0.2) is 0 Å². The molecule has 2 heterocycles. The zero-order valence-corrected chi connectivity index (χ0v) is 15.0. The third-order valence-corrected chi connectivity index (χ3v) is 4.09. The molecule has 2 aromatic rings. The van der Waals surface area contributed by atoms with Crippen molar-refractivity contribution in [1.29, 1.82) is 0 Å². The number of hydrogen-bond acceptors (Lipinski definition) is 5. The molecule has 0 fully saturated rings. The summed E-state index contributed by atoms with van der Waals surface area (Å²) >= 11 is 5.13. The van der Waals surface area contributed by atoms with Crippen molar-refractivity contribution in [2.45, 2.75) is 26.9 Å².